The molecule has 0 aliphatic carbocycles. The van der Waals surface area contributed by atoms with Gasteiger partial charge >= 0.3 is 11.4 Å². The third-order valence-corrected chi connectivity index (χ3v) is 6.02. The maximum atomic E-state index is 12.5. The third-order valence-electron chi connectivity index (χ3n) is 5.39. The van der Waals surface area contributed by atoms with Crippen LogP contribution < -0.4 is 16.9 Å². The highest BCUT2D eigenvalue weighted by Crippen LogP contribution is 2.30. The van der Waals surface area contributed by atoms with Crippen LogP contribution >= 0.6 is 15.9 Å². The predicted octanol–water partition coefficient (Wildman–Crippen LogP) is 2.55. The molecule has 0 unspecified atom stereocenters. The van der Waals surface area contributed by atoms with Crippen LogP contribution in [0.2, 0.25) is 0 Å². The number of aryl methyl sites for hydroxylation is 4. The SMILES string of the molecule is Cc1ccc(-n2c(O)c(C=Nc3cc4c(cc3Br)n(C)c(=O)n4C)c(=O)[nH]c2=O)c(C)c1. The van der Waals surface area contributed by atoms with Crippen molar-refractivity contribution in [3.8, 4) is 11.6 Å². The first-order chi connectivity index (χ1) is 15.1. The Hall–Kier alpha value is -3.66. The van der Waals surface area contributed by atoms with Gasteiger partial charge in [-0.3, -0.25) is 23.9 Å². The zero-order valence-electron chi connectivity index (χ0n) is 17.8. The van der Waals surface area contributed by atoms with Crippen LogP contribution in [0.15, 0.2) is 54.2 Å². The highest BCUT2D eigenvalue weighted by molar-refractivity contribution is 9.10. The molecule has 4 aromatic rings. The van der Waals surface area contributed by atoms with Crippen LogP contribution in [0.5, 0.6) is 5.88 Å². The largest absolute Gasteiger partial charge is 0.493 e. The van der Waals surface area contributed by atoms with E-state index in [9.17, 15) is 19.5 Å². The molecule has 0 amide bonds. The van der Waals surface area contributed by atoms with E-state index in [1.807, 2.05) is 26.0 Å². The van der Waals surface area contributed by atoms with Gasteiger partial charge in [-0.15, -0.1) is 0 Å². The first-order valence-corrected chi connectivity index (χ1v) is 10.4. The fourth-order valence-electron chi connectivity index (χ4n) is 3.68. The highest BCUT2D eigenvalue weighted by atomic mass is 79.9. The molecule has 2 aromatic heterocycles. The van der Waals surface area contributed by atoms with E-state index >= 15 is 0 Å². The van der Waals surface area contributed by atoms with Gasteiger partial charge < -0.3 is 5.11 Å². The number of benzene rings is 2. The Bertz CT molecular complexity index is 1600. The van der Waals surface area contributed by atoms with Crippen molar-refractivity contribution >= 4 is 38.9 Å². The van der Waals surface area contributed by atoms with E-state index in [0.29, 0.717) is 26.9 Å². The summed E-state index contributed by atoms with van der Waals surface area (Å²) >= 11 is 3.43. The van der Waals surface area contributed by atoms with Crippen LogP contribution in [0.3, 0.4) is 0 Å². The molecule has 0 saturated carbocycles. The van der Waals surface area contributed by atoms with E-state index < -0.39 is 17.1 Å². The van der Waals surface area contributed by atoms with Crippen LogP contribution in [0.4, 0.5) is 5.69 Å². The van der Waals surface area contributed by atoms with Crippen molar-refractivity contribution in [3.63, 3.8) is 0 Å². The van der Waals surface area contributed by atoms with Gasteiger partial charge in [0.05, 0.1) is 22.4 Å². The summed E-state index contributed by atoms with van der Waals surface area (Å²) in [6.45, 7) is 3.73. The van der Waals surface area contributed by atoms with Crippen molar-refractivity contribution in [1.29, 1.82) is 0 Å². The van der Waals surface area contributed by atoms with Crippen molar-refractivity contribution in [2.24, 2.45) is 19.1 Å². The van der Waals surface area contributed by atoms with Gasteiger partial charge in [-0.1, -0.05) is 17.7 Å². The number of halogens is 1. The van der Waals surface area contributed by atoms with Gasteiger partial charge in [0.2, 0.25) is 5.88 Å². The van der Waals surface area contributed by atoms with E-state index in [2.05, 4.69) is 25.9 Å². The molecule has 9 nitrogen and oxygen atoms in total. The smallest absolute Gasteiger partial charge is 0.335 e. The number of aliphatic imine (C=N–C) groups is 1. The molecule has 0 aliphatic rings. The summed E-state index contributed by atoms with van der Waals surface area (Å²) in [5.74, 6) is -0.515. The van der Waals surface area contributed by atoms with Gasteiger partial charge in [-0.25, -0.2) is 14.2 Å². The Morgan fingerprint density at radius 1 is 1.03 bits per heavy atom. The molecule has 0 atom stereocenters. The van der Waals surface area contributed by atoms with E-state index in [1.165, 1.54) is 15.3 Å². The zero-order valence-corrected chi connectivity index (χ0v) is 19.4. The predicted molar refractivity (Wildman–Crippen MR) is 127 cm³/mol. The fourth-order valence-corrected chi connectivity index (χ4v) is 4.11. The minimum absolute atomic E-state index is 0.168. The van der Waals surface area contributed by atoms with E-state index in [0.717, 1.165) is 15.7 Å². The number of nitrogens with one attached hydrogen (secondary N) is 1. The maximum absolute atomic E-state index is 12.5. The molecule has 0 saturated heterocycles. The van der Waals surface area contributed by atoms with Crippen molar-refractivity contribution in [2.75, 3.05) is 0 Å². The van der Waals surface area contributed by atoms with Gasteiger partial charge in [0.25, 0.3) is 5.56 Å². The summed E-state index contributed by atoms with van der Waals surface area (Å²) in [6.07, 6.45) is 1.20. The number of aromatic hydroxyl groups is 1. The number of aromatic nitrogens is 4. The second kappa shape index (κ2) is 7.79. The molecule has 4 rings (SSSR count). The Balaban J connectivity index is 1.88. The van der Waals surface area contributed by atoms with Crippen molar-refractivity contribution in [2.45, 2.75) is 13.8 Å². The lowest BCUT2D eigenvalue weighted by Gasteiger charge is -2.12. The van der Waals surface area contributed by atoms with Crippen molar-refractivity contribution in [1.82, 2.24) is 18.7 Å². The topological polar surface area (TPSA) is 114 Å². The lowest BCUT2D eigenvalue weighted by atomic mass is 10.1. The van der Waals surface area contributed by atoms with Crippen molar-refractivity contribution < 1.29 is 5.11 Å². The monoisotopic (exact) mass is 497 g/mol. The van der Waals surface area contributed by atoms with E-state index in [-0.39, 0.29) is 11.3 Å². The molecule has 2 aromatic carbocycles. The molecule has 32 heavy (non-hydrogen) atoms. The number of imidazole rings is 1. The number of H-pyrrole nitrogens is 1. The molecule has 0 radical (unpaired) electrons. The number of hydrogen-bond acceptors (Lipinski definition) is 5. The first kappa shape index (κ1) is 21.6. The summed E-state index contributed by atoms with van der Waals surface area (Å²) in [6, 6.07) is 8.83. The quantitative estimate of drug-likeness (QED) is 0.423. The molecule has 0 bridgehead atoms. The Kier molecular flexibility index (Phi) is 5.25. The van der Waals surface area contributed by atoms with E-state index in [4.69, 9.17) is 0 Å². The number of rotatable bonds is 3. The summed E-state index contributed by atoms with van der Waals surface area (Å²) in [5.41, 5.74) is 2.17. The molecule has 2 heterocycles. The lowest BCUT2D eigenvalue weighted by molar-refractivity contribution is 0.430. The molecule has 0 aliphatic heterocycles. The van der Waals surface area contributed by atoms with Crippen LogP contribution in [-0.2, 0) is 14.1 Å². The van der Waals surface area contributed by atoms with Crippen molar-refractivity contribution in [3.05, 3.63) is 82.8 Å². The van der Waals surface area contributed by atoms with Gasteiger partial charge in [0, 0.05) is 24.8 Å². The molecular formula is C22H20BrN5O4. The summed E-state index contributed by atoms with van der Waals surface area (Å²) in [5, 5.41) is 10.8. The summed E-state index contributed by atoms with van der Waals surface area (Å²) in [4.78, 5) is 43.6. The second-order valence-electron chi connectivity index (χ2n) is 7.57. The normalized spacial score (nSPS) is 11.7. The van der Waals surface area contributed by atoms with Gasteiger partial charge in [0.1, 0.15) is 5.56 Å². The van der Waals surface area contributed by atoms with Crippen LogP contribution in [0, 0.1) is 13.8 Å². The Morgan fingerprint density at radius 2 is 1.69 bits per heavy atom. The van der Waals surface area contributed by atoms with Gasteiger partial charge in [0.15, 0.2) is 0 Å². The standard InChI is InChI=1S/C22H20BrN5O4/c1-11-5-6-16(12(2)7-11)28-20(30)13(19(29)25-21(28)31)10-24-15-9-18-17(8-14(15)23)26(3)22(32)27(18)4/h5-10,30H,1-4H3,(H,25,29,31). The lowest BCUT2D eigenvalue weighted by Crippen LogP contribution is -2.31. The van der Waals surface area contributed by atoms with Gasteiger partial charge in [-0.05, 0) is 53.5 Å². The third kappa shape index (κ3) is 3.42. The fraction of sp³-hybridized carbons (Fsp3) is 0.182. The second-order valence-corrected chi connectivity index (χ2v) is 8.43. The Labute approximate surface area is 190 Å². The Morgan fingerprint density at radius 3 is 2.34 bits per heavy atom. The van der Waals surface area contributed by atoms with Crippen LogP contribution in [0.25, 0.3) is 16.7 Å². The summed E-state index contributed by atoms with van der Waals surface area (Å²) in [7, 11) is 3.33. The maximum Gasteiger partial charge on any atom is 0.335 e. The number of hydrogen-bond donors (Lipinski definition) is 2. The summed E-state index contributed by atoms with van der Waals surface area (Å²) < 4.78 is 4.65. The van der Waals surface area contributed by atoms with Gasteiger partial charge in [-0.2, -0.15) is 0 Å². The van der Waals surface area contributed by atoms with E-state index in [1.54, 1.807) is 32.3 Å². The molecule has 0 fully saturated rings. The molecule has 164 valence electrons. The minimum atomic E-state index is -0.762. The average Bonchev–Trinajstić information content (AvgIpc) is 2.93. The first-order valence-electron chi connectivity index (χ1n) is 9.65. The number of fused-ring (bicyclic) bond motifs is 1. The van der Waals surface area contributed by atoms with Crippen LogP contribution in [-0.4, -0.2) is 30.0 Å². The average molecular weight is 498 g/mol. The minimum Gasteiger partial charge on any atom is -0.493 e. The van der Waals surface area contributed by atoms with Crippen LogP contribution in [0.1, 0.15) is 16.7 Å². The number of nitrogens with zero attached hydrogens (tertiary/aromatic N) is 4. The molecule has 0 spiro atoms. The zero-order chi connectivity index (χ0) is 23.3. The molecule has 2 N–H and O–H groups in total. The number of aromatic amines is 1. The highest BCUT2D eigenvalue weighted by Gasteiger charge is 2.16. The molecule has 10 heteroatoms. The molecular weight excluding hydrogens is 478 g/mol.